The summed E-state index contributed by atoms with van der Waals surface area (Å²) in [6.07, 6.45) is 0. The zero-order valence-corrected chi connectivity index (χ0v) is 17.3. The van der Waals surface area contributed by atoms with Gasteiger partial charge in [-0.25, -0.2) is 9.69 Å². The van der Waals surface area contributed by atoms with Crippen LogP contribution in [-0.4, -0.2) is 49.2 Å². The van der Waals surface area contributed by atoms with Crippen molar-refractivity contribution in [2.75, 3.05) is 27.4 Å². The van der Waals surface area contributed by atoms with Crippen LogP contribution in [0.15, 0.2) is 48.5 Å². The van der Waals surface area contributed by atoms with Crippen molar-refractivity contribution in [3.8, 4) is 11.5 Å². The Labute approximate surface area is 171 Å². The molecule has 0 spiro atoms. The Bertz CT molecular complexity index is 884. The molecule has 154 valence electrons. The van der Waals surface area contributed by atoms with Crippen LogP contribution in [0, 0.1) is 0 Å². The van der Waals surface area contributed by atoms with Crippen LogP contribution >= 0.6 is 0 Å². The van der Waals surface area contributed by atoms with E-state index in [4.69, 9.17) is 9.47 Å². The van der Waals surface area contributed by atoms with Crippen molar-refractivity contribution >= 4 is 11.9 Å². The van der Waals surface area contributed by atoms with Gasteiger partial charge in [0.15, 0.2) is 0 Å². The van der Waals surface area contributed by atoms with Gasteiger partial charge in [0.25, 0.3) is 5.91 Å². The third-order valence-corrected chi connectivity index (χ3v) is 4.99. The molecule has 1 aliphatic heterocycles. The highest BCUT2D eigenvalue weighted by Gasteiger charge is 2.49. The molecule has 1 N–H and O–H groups in total. The number of amides is 3. The fraction of sp³-hybridized carbons (Fsp3) is 0.364. The maximum absolute atomic E-state index is 13.1. The van der Waals surface area contributed by atoms with Gasteiger partial charge in [-0.2, -0.15) is 0 Å². The molecule has 1 heterocycles. The topological polar surface area (TPSA) is 71.1 Å². The molecule has 3 amide bonds. The average Bonchev–Trinajstić information content (AvgIpc) is 2.94. The summed E-state index contributed by atoms with van der Waals surface area (Å²) in [6.45, 7) is 5.07. The molecule has 0 bridgehead atoms. The summed E-state index contributed by atoms with van der Waals surface area (Å²) in [5, 5.41) is 2.83. The normalized spacial score (nSPS) is 18.9. The lowest BCUT2D eigenvalue weighted by Gasteiger charge is -2.25. The predicted molar refractivity (Wildman–Crippen MR) is 110 cm³/mol. The Morgan fingerprint density at radius 2 is 1.83 bits per heavy atom. The molecule has 3 rings (SSSR count). The van der Waals surface area contributed by atoms with Crippen LogP contribution in [0.2, 0.25) is 0 Å². The zero-order valence-electron chi connectivity index (χ0n) is 17.3. The van der Waals surface area contributed by atoms with Crippen LogP contribution in [-0.2, 0) is 16.9 Å². The molecular formula is C22H27N3O4. The standard InChI is InChI=1S/C22H27N3O4/c1-5-29-18-11-9-16(10-12-18)14-24(3)15-25-20(26)22(2,23-21(25)27)17-7-6-8-19(13-17)28-4/h6-13H,5,14-15H2,1-4H3,(H,23,27)/t22-/m1/s1. The van der Waals surface area contributed by atoms with Gasteiger partial charge >= 0.3 is 6.03 Å². The lowest BCUT2D eigenvalue weighted by Crippen LogP contribution is -2.42. The van der Waals surface area contributed by atoms with Gasteiger partial charge in [0.05, 0.1) is 20.4 Å². The number of imide groups is 1. The number of urea groups is 1. The monoisotopic (exact) mass is 397 g/mol. The molecule has 2 aromatic carbocycles. The SMILES string of the molecule is CCOc1ccc(CN(C)CN2C(=O)N[C@](C)(c3cccc(OC)c3)C2=O)cc1. The van der Waals surface area contributed by atoms with E-state index in [9.17, 15) is 9.59 Å². The van der Waals surface area contributed by atoms with Gasteiger partial charge in [-0.05, 0) is 56.3 Å². The highest BCUT2D eigenvalue weighted by atomic mass is 16.5. The zero-order chi connectivity index (χ0) is 21.0. The number of ether oxygens (including phenoxy) is 2. The van der Waals surface area contributed by atoms with Gasteiger partial charge in [-0.15, -0.1) is 0 Å². The molecular weight excluding hydrogens is 370 g/mol. The predicted octanol–water partition coefficient (Wildman–Crippen LogP) is 2.95. The molecule has 1 fully saturated rings. The van der Waals surface area contributed by atoms with Crippen LogP contribution < -0.4 is 14.8 Å². The first-order valence-corrected chi connectivity index (χ1v) is 9.56. The molecule has 0 aliphatic carbocycles. The number of nitrogens with one attached hydrogen (secondary N) is 1. The number of rotatable bonds is 8. The van der Waals surface area contributed by atoms with Gasteiger partial charge in [-0.1, -0.05) is 24.3 Å². The van der Waals surface area contributed by atoms with Crippen LogP contribution in [0.4, 0.5) is 4.79 Å². The number of methoxy groups -OCH3 is 1. The average molecular weight is 397 g/mol. The van der Waals surface area contributed by atoms with Crippen molar-refractivity contribution in [1.82, 2.24) is 15.1 Å². The minimum absolute atomic E-state index is 0.192. The fourth-order valence-electron chi connectivity index (χ4n) is 3.42. The minimum atomic E-state index is -1.12. The molecule has 29 heavy (non-hydrogen) atoms. The van der Waals surface area contributed by atoms with E-state index < -0.39 is 11.6 Å². The number of hydrogen-bond donors (Lipinski definition) is 1. The van der Waals surface area contributed by atoms with E-state index in [1.165, 1.54) is 4.90 Å². The highest BCUT2D eigenvalue weighted by Crippen LogP contribution is 2.31. The van der Waals surface area contributed by atoms with Gasteiger partial charge in [0.2, 0.25) is 0 Å². The minimum Gasteiger partial charge on any atom is -0.497 e. The second kappa shape index (κ2) is 8.53. The molecule has 0 saturated carbocycles. The fourth-order valence-corrected chi connectivity index (χ4v) is 3.42. The Hall–Kier alpha value is -3.06. The van der Waals surface area contributed by atoms with Crippen molar-refractivity contribution in [3.63, 3.8) is 0 Å². The van der Waals surface area contributed by atoms with Crippen molar-refractivity contribution < 1.29 is 19.1 Å². The van der Waals surface area contributed by atoms with E-state index in [1.54, 1.807) is 32.2 Å². The van der Waals surface area contributed by atoms with E-state index in [2.05, 4.69) is 5.32 Å². The van der Waals surface area contributed by atoms with Crippen molar-refractivity contribution in [1.29, 1.82) is 0 Å². The Kier molecular flexibility index (Phi) is 6.08. The largest absolute Gasteiger partial charge is 0.497 e. The molecule has 1 atom stereocenters. The number of benzene rings is 2. The van der Waals surface area contributed by atoms with Crippen molar-refractivity contribution in [2.45, 2.75) is 25.9 Å². The molecule has 0 aromatic heterocycles. The Morgan fingerprint density at radius 3 is 2.48 bits per heavy atom. The first-order valence-electron chi connectivity index (χ1n) is 9.56. The van der Waals surface area contributed by atoms with E-state index in [0.717, 1.165) is 11.3 Å². The summed E-state index contributed by atoms with van der Waals surface area (Å²) >= 11 is 0. The number of nitrogens with zero attached hydrogens (tertiary/aromatic N) is 2. The first kappa shape index (κ1) is 20.7. The van der Waals surface area contributed by atoms with Crippen LogP contribution in [0.3, 0.4) is 0 Å². The van der Waals surface area contributed by atoms with Gasteiger partial charge < -0.3 is 14.8 Å². The van der Waals surface area contributed by atoms with Crippen LogP contribution in [0.1, 0.15) is 25.0 Å². The summed E-state index contributed by atoms with van der Waals surface area (Å²) < 4.78 is 10.7. The third-order valence-electron chi connectivity index (χ3n) is 4.99. The quantitative estimate of drug-likeness (QED) is 0.694. The molecule has 7 nitrogen and oxygen atoms in total. The molecule has 1 aliphatic rings. The highest BCUT2D eigenvalue weighted by molar-refractivity contribution is 6.07. The van der Waals surface area contributed by atoms with Crippen molar-refractivity contribution in [3.05, 3.63) is 59.7 Å². The van der Waals surface area contributed by atoms with Gasteiger partial charge in [0.1, 0.15) is 17.0 Å². The molecule has 7 heteroatoms. The number of hydrogen-bond acceptors (Lipinski definition) is 5. The maximum Gasteiger partial charge on any atom is 0.326 e. The summed E-state index contributed by atoms with van der Waals surface area (Å²) in [5.74, 6) is 1.17. The lowest BCUT2D eigenvalue weighted by atomic mass is 9.92. The van der Waals surface area contributed by atoms with Gasteiger partial charge in [-0.3, -0.25) is 9.69 Å². The molecule has 0 unspecified atom stereocenters. The molecule has 0 radical (unpaired) electrons. The van der Waals surface area contributed by atoms with Crippen LogP contribution in [0.25, 0.3) is 0 Å². The lowest BCUT2D eigenvalue weighted by molar-refractivity contribution is -0.132. The second-order valence-corrected chi connectivity index (χ2v) is 7.25. The summed E-state index contributed by atoms with van der Waals surface area (Å²) in [4.78, 5) is 28.8. The second-order valence-electron chi connectivity index (χ2n) is 7.25. The van der Waals surface area contributed by atoms with E-state index >= 15 is 0 Å². The number of carbonyl (C=O) groups excluding carboxylic acids is 2. The maximum atomic E-state index is 13.1. The Morgan fingerprint density at radius 1 is 1.10 bits per heavy atom. The van der Waals surface area contributed by atoms with Crippen molar-refractivity contribution in [2.24, 2.45) is 0 Å². The number of carbonyl (C=O) groups is 2. The summed E-state index contributed by atoms with van der Waals surface area (Å²) in [7, 11) is 3.44. The third kappa shape index (κ3) is 4.35. The summed E-state index contributed by atoms with van der Waals surface area (Å²) in [6, 6.07) is 14.6. The summed E-state index contributed by atoms with van der Waals surface area (Å²) in [5.41, 5.74) is 0.636. The first-order chi connectivity index (χ1) is 13.9. The van der Waals surface area contributed by atoms with Crippen LogP contribution in [0.5, 0.6) is 11.5 Å². The van der Waals surface area contributed by atoms with E-state index in [1.807, 2.05) is 49.2 Å². The smallest absolute Gasteiger partial charge is 0.326 e. The Balaban J connectivity index is 1.69. The van der Waals surface area contributed by atoms with E-state index in [-0.39, 0.29) is 12.6 Å². The molecule has 1 saturated heterocycles. The van der Waals surface area contributed by atoms with E-state index in [0.29, 0.717) is 24.5 Å². The molecule has 2 aromatic rings. The van der Waals surface area contributed by atoms with Gasteiger partial charge in [0, 0.05) is 6.54 Å².